The van der Waals surface area contributed by atoms with Crippen molar-refractivity contribution in [3.63, 3.8) is 0 Å². The van der Waals surface area contributed by atoms with E-state index in [1.54, 1.807) is 12.5 Å². The Morgan fingerprint density at radius 3 is 3.00 bits per heavy atom. The van der Waals surface area contributed by atoms with Crippen molar-refractivity contribution in [1.29, 1.82) is 0 Å². The Morgan fingerprint density at radius 2 is 2.25 bits per heavy atom. The molecule has 0 fully saturated rings. The molecule has 20 heavy (non-hydrogen) atoms. The predicted octanol–water partition coefficient (Wildman–Crippen LogP) is 3.25. The zero-order chi connectivity index (χ0) is 13.9. The van der Waals surface area contributed by atoms with E-state index >= 15 is 0 Å². The molecule has 0 bridgehead atoms. The predicted molar refractivity (Wildman–Crippen MR) is 79.0 cm³/mol. The van der Waals surface area contributed by atoms with Crippen molar-refractivity contribution in [3.8, 4) is 0 Å². The number of nitrogens with one attached hydrogen (secondary N) is 1. The molecule has 0 aliphatic carbocycles. The molecular formula is C15H14N2O2S. The third-order valence-corrected chi connectivity index (χ3v) is 4.02. The first-order chi connectivity index (χ1) is 9.72. The summed E-state index contributed by atoms with van der Waals surface area (Å²) in [7, 11) is 0. The first-order valence-corrected chi connectivity index (χ1v) is 7.21. The number of carbonyl (C=O) groups is 1. The highest BCUT2D eigenvalue weighted by Crippen LogP contribution is 2.21. The molecular weight excluding hydrogens is 272 g/mol. The van der Waals surface area contributed by atoms with Gasteiger partial charge in [0.15, 0.2) is 5.01 Å². The Kier molecular flexibility index (Phi) is 3.52. The summed E-state index contributed by atoms with van der Waals surface area (Å²) in [6, 6.07) is 9.69. The summed E-state index contributed by atoms with van der Waals surface area (Å²) in [5.74, 6) is -0.123. The molecule has 0 aliphatic heterocycles. The average molecular weight is 286 g/mol. The number of amides is 1. The Bertz CT molecular complexity index is 685. The highest BCUT2D eigenvalue weighted by Gasteiger charge is 2.14. The van der Waals surface area contributed by atoms with Crippen LogP contribution in [0.2, 0.25) is 0 Å². The summed E-state index contributed by atoms with van der Waals surface area (Å²) in [6.45, 7) is 1.97. The topological polar surface area (TPSA) is 55.1 Å². The third-order valence-electron chi connectivity index (χ3n) is 2.99. The van der Waals surface area contributed by atoms with Crippen molar-refractivity contribution in [3.05, 3.63) is 53.4 Å². The lowest BCUT2D eigenvalue weighted by Crippen LogP contribution is -2.33. The molecule has 0 aliphatic rings. The third kappa shape index (κ3) is 2.72. The molecule has 2 heterocycles. The molecule has 1 aromatic carbocycles. The van der Waals surface area contributed by atoms with E-state index < -0.39 is 0 Å². The van der Waals surface area contributed by atoms with Gasteiger partial charge in [0.05, 0.1) is 22.7 Å². The SMILES string of the molecule is C[C@H](Cc1ccoc1)NC(=O)c1nc2ccccc2s1. The van der Waals surface area contributed by atoms with Crippen LogP contribution in [0.25, 0.3) is 10.2 Å². The molecule has 1 atom stereocenters. The van der Waals surface area contributed by atoms with Gasteiger partial charge in [0.2, 0.25) is 0 Å². The number of furan rings is 1. The van der Waals surface area contributed by atoms with Gasteiger partial charge in [-0.05, 0) is 37.1 Å². The lowest BCUT2D eigenvalue weighted by atomic mass is 10.1. The molecule has 0 unspecified atom stereocenters. The number of nitrogens with zero attached hydrogens (tertiary/aromatic N) is 1. The molecule has 0 spiro atoms. The van der Waals surface area contributed by atoms with Gasteiger partial charge in [0.1, 0.15) is 0 Å². The number of hydrogen-bond donors (Lipinski definition) is 1. The fraction of sp³-hybridized carbons (Fsp3) is 0.200. The first-order valence-electron chi connectivity index (χ1n) is 6.40. The first kappa shape index (κ1) is 12.9. The zero-order valence-electron chi connectivity index (χ0n) is 11.0. The van der Waals surface area contributed by atoms with E-state index in [0.29, 0.717) is 5.01 Å². The van der Waals surface area contributed by atoms with Gasteiger partial charge in [0, 0.05) is 6.04 Å². The number of rotatable bonds is 4. The molecule has 4 nitrogen and oxygen atoms in total. The Morgan fingerprint density at radius 1 is 1.40 bits per heavy atom. The van der Waals surface area contributed by atoms with E-state index in [2.05, 4.69) is 10.3 Å². The zero-order valence-corrected chi connectivity index (χ0v) is 11.8. The summed E-state index contributed by atoms with van der Waals surface area (Å²) in [6.07, 6.45) is 4.07. The second-order valence-electron chi connectivity index (χ2n) is 4.70. The fourth-order valence-corrected chi connectivity index (χ4v) is 2.94. The fourth-order valence-electron chi connectivity index (χ4n) is 2.07. The van der Waals surface area contributed by atoms with Gasteiger partial charge in [-0.15, -0.1) is 11.3 Å². The van der Waals surface area contributed by atoms with Crippen LogP contribution >= 0.6 is 11.3 Å². The monoisotopic (exact) mass is 286 g/mol. The van der Waals surface area contributed by atoms with Crippen LogP contribution < -0.4 is 5.32 Å². The summed E-state index contributed by atoms with van der Waals surface area (Å²) >= 11 is 1.41. The largest absolute Gasteiger partial charge is 0.472 e. The summed E-state index contributed by atoms with van der Waals surface area (Å²) < 4.78 is 6.05. The summed E-state index contributed by atoms with van der Waals surface area (Å²) in [5, 5.41) is 3.47. The van der Waals surface area contributed by atoms with Crippen molar-refractivity contribution in [2.24, 2.45) is 0 Å². The van der Waals surface area contributed by atoms with E-state index in [1.807, 2.05) is 37.3 Å². The van der Waals surface area contributed by atoms with Crippen molar-refractivity contribution < 1.29 is 9.21 Å². The van der Waals surface area contributed by atoms with Crippen LogP contribution in [0, 0.1) is 0 Å². The van der Waals surface area contributed by atoms with Gasteiger partial charge in [-0.2, -0.15) is 0 Å². The van der Waals surface area contributed by atoms with Gasteiger partial charge in [-0.1, -0.05) is 12.1 Å². The van der Waals surface area contributed by atoms with Crippen molar-refractivity contribution in [2.45, 2.75) is 19.4 Å². The quantitative estimate of drug-likeness (QED) is 0.801. The summed E-state index contributed by atoms with van der Waals surface area (Å²) in [4.78, 5) is 16.5. The standard InChI is InChI=1S/C15H14N2O2S/c1-10(8-11-6-7-19-9-11)16-14(18)15-17-12-4-2-3-5-13(12)20-15/h2-7,9-10H,8H2,1H3,(H,16,18)/t10-/m1/s1. The molecule has 3 aromatic rings. The van der Waals surface area contributed by atoms with Crippen LogP contribution in [-0.4, -0.2) is 16.9 Å². The molecule has 2 aromatic heterocycles. The van der Waals surface area contributed by atoms with Gasteiger partial charge in [-0.25, -0.2) is 4.98 Å². The molecule has 0 saturated heterocycles. The van der Waals surface area contributed by atoms with Crippen LogP contribution in [0.5, 0.6) is 0 Å². The molecule has 1 amide bonds. The molecule has 3 rings (SSSR count). The van der Waals surface area contributed by atoms with Gasteiger partial charge >= 0.3 is 0 Å². The normalized spacial score (nSPS) is 12.4. The van der Waals surface area contributed by atoms with Gasteiger partial charge in [-0.3, -0.25) is 4.79 Å². The van der Waals surface area contributed by atoms with Crippen molar-refractivity contribution in [1.82, 2.24) is 10.3 Å². The highest BCUT2D eigenvalue weighted by atomic mass is 32.1. The lowest BCUT2D eigenvalue weighted by molar-refractivity contribution is 0.0940. The molecule has 1 N–H and O–H groups in total. The summed E-state index contributed by atoms with van der Waals surface area (Å²) in [5.41, 5.74) is 1.94. The maximum Gasteiger partial charge on any atom is 0.280 e. The van der Waals surface area contributed by atoms with E-state index in [1.165, 1.54) is 11.3 Å². The Labute approximate surface area is 120 Å². The number of carbonyl (C=O) groups excluding carboxylic acids is 1. The minimum Gasteiger partial charge on any atom is -0.472 e. The van der Waals surface area contributed by atoms with Crippen LogP contribution in [-0.2, 0) is 6.42 Å². The van der Waals surface area contributed by atoms with Crippen molar-refractivity contribution in [2.75, 3.05) is 0 Å². The minimum absolute atomic E-state index is 0.0344. The second kappa shape index (κ2) is 5.46. The van der Waals surface area contributed by atoms with Crippen LogP contribution in [0.15, 0.2) is 47.3 Å². The minimum atomic E-state index is -0.123. The highest BCUT2D eigenvalue weighted by molar-refractivity contribution is 7.20. The molecule has 0 radical (unpaired) electrons. The maximum absolute atomic E-state index is 12.2. The van der Waals surface area contributed by atoms with Crippen LogP contribution in [0.3, 0.4) is 0 Å². The molecule has 0 saturated carbocycles. The van der Waals surface area contributed by atoms with Gasteiger partial charge < -0.3 is 9.73 Å². The number of hydrogen-bond acceptors (Lipinski definition) is 4. The number of fused-ring (bicyclic) bond motifs is 1. The maximum atomic E-state index is 12.2. The number of para-hydroxylation sites is 1. The number of aromatic nitrogens is 1. The van der Waals surface area contributed by atoms with E-state index in [9.17, 15) is 4.79 Å². The lowest BCUT2D eigenvalue weighted by Gasteiger charge is -2.11. The average Bonchev–Trinajstić information content (AvgIpc) is 3.06. The van der Waals surface area contributed by atoms with Crippen molar-refractivity contribution >= 4 is 27.5 Å². The number of benzene rings is 1. The second-order valence-corrected chi connectivity index (χ2v) is 5.73. The number of thiazole rings is 1. The van der Waals surface area contributed by atoms with Gasteiger partial charge in [0.25, 0.3) is 5.91 Å². The Hall–Kier alpha value is -2.14. The van der Waals surface area contributed by atoms with Crippen LogP contribution in [0.4, 0.5) is 0 Å². The van der Waals surface area contributed by atoms with Crippen LogP contribution in [0.1, 0.15) is 22.3 Å². The smallest absolute Gasteiger partial charge is 0.280 e. The molecule has 5 heteroatoms. The molecule has 102 valence electrons. The Balaban J connectivity index is 1.69. The van der Waals surface area contributed by atoms with E-state index in [0.717, 1.165) is 22.2 Å². The van der Waals surface area contributed by atoms with E-state index in [4.69, 9.17) is 4.42 Å². The van der Waals surface area contributed by atoms with E-state index in [-0.39, 0.29) is 11.9 Å².